The Balaban J connectivity index is 2.48. The van der Waals surface area contributed by atoms with Crippen molar-refractivity contribution in [1.29, 1.82) is 0 Å². The van der Waals surface area contributed by atoms with E-state index >= 15 is 0 Å². The highest BCUT2D eigenvalue weighted by Gasteiger charge is 2.20. The fraction of sp³-hybridized carbons (Fsp3) is 0.300. The first-order chi connectivity index (χ1) is 7.63. The number of aromatic amines is 1. The molecular weight excluding hydrogens is 292 g/mol. The maximum Gasteiger partial charge on any atom is 0.137 e. The first-order valence-electron chi connectivity index (χ1n) is 4.73. The second kappa shape index (κ2) is 4.75. The summed E-state index contributed by atoms with van der Waals surface area (Å²) < 4.78 is 0.827. The zero-order valence-electron chi connectivity index (χ0n) is 8.26. The number of H-pyrrole nitrogens is 1. The van der Waals surface area contributed by atoms with Gasteiger partial charge < -0.3 is 15.2 Å². The Morgan fingerprint density at radius 2 is 2.25 bits per heavy atom. The molecule has 0 amide bonds. The predicted octanol–water partition coefficient (Wildman–Crippen LogP) is 1.65. The summed E-state index contributed by atoms with van der Waals surface area (Å²) in [5.74, 6) is 0.204. The number of aliphatic hydroxyl groups excluding tert-OH is 2. The van der Waals surface area contributed by atoms with Crippen LogP contribution in [0.3, 0.4) is 0 Å². The van der Waals surface area contributed by atoms with Gasteiger partial charge in [-0.3, -0.25) is 0 Å². The summed E-state index contributed by atoms with van der Waals surface area (Å²) in [6.07, 6.45) is 1.48. The third kappa shape index (κ3) is 2.10. The summed E-state index contributed by atoms with van der Waals surface area (Å²) in [6, 6.07) is 1.85. The van der Waals surface area contributed by atoms with Gasteiger partial charge in [-0.05, 0) is 22.0 Å². The summed E-state index contributed by atoms with van der Waals surface area (Å²) in [5, 5.41) is 20.3. The molecule has 0 fully saturated rings. The van der Waals surface area contributed by atoms with E-state index in [1.165, 1.54) is 0 Å². The van der Waals surface area contributed by atoms with Crippen LogP contribution < -0.4 is 0 Å². The van der Waals surface area contributed by atoms with E-state index in [2.05, 4.69) is 38.5 Å². The number of hydrogen-bond donors (Lipinski definition) is 4. The zero-order chi connectivity index (χ0) is 11.7. The molecule has 0 aliphatic carbocycles. The molecule has 0 aromatic carbocycles. The summed E-state index contributed by atoms with van der Waals surface area (Å²) in [5.41, 5.74) is 1.31. The summed E-state index contributed by atoms with van der Waals surface area (Å²) in [7, 11) is 0. The summed E-state index contributed by atoms with van der Waals surface area (Å²) >= 11 is 7.27. The molecule has 16 heavy (non-hydrogen) atoms. The van der Waals surface area contributed by atoms with Crippen molar-refractivity contribution in [2.24, 2.45) is 0 Å². The predicted molar refractivity (Wildman–Crippen MR) is 68.6 cm³/mol. The number of fused-ring (bicyclic) bond motifs is 1. The molecule has 6 heteroatoms. The van der Waals surface area contributed by atoms with Gasteiger partial charge in [0, 0.05) is 33.6 Å². The molecule has 0 bridgehead atoms. The lowest BCUT2D eigenvalue weighted by atomic mass is 10.1. The number of nitrogens with one attached hydrogen (secondary N) is 1. The Bertz CT molecular complexity index is 503. The van der Waals surface area contributed by atoms with Crippen molar-refractivity contribution in [1.82, 2.24) is 9.97 Å². The molecule has 0 aliphatic heterocycles. The monoisotopic (exact) mass is 302 g/mol. The Hall–Kier alpha value is -0.560. The normalized spacial score (nSPS) is 15.2. The van der Waals surface area contributed by atoms with Gasteiger partial charge in [0.2, 0.25) is 0 Å². The molecule has 2 aromatic heterocycles. The topological polar surface area (TPSA) is 69.1 Å². The lowest BCUT2D eigenvalue weighted by Crippen LogP contribution is -2.19. The molecule has 0 saturated carbocycles. The van der Waals surface area contributed by atoms with Crippen LogP contribution >= 0.6 is 28.6 Å². The highest BCUT2D eigenvalue weighted by atomic mass is 79.9. The highest BCUT2D eigenvalue weighted by Crippen LogP contribution is 2.27. The molecule has 2 aromatic rings. The van der Waals surface area contributed by atoms with Crippen LogP contribution in [0.1, 0.15) is 11.7 Å². The van der Waals surface area contributed by atoms with Gasteiger partial charge in [0.1, 0.15) is 11.8 Å². The fourth-order valence-electron chi connectivity index (χ4n) is 1.55. The third-order valence-electron chi connectivity index (χ3n) is 2.40. The van der Waals surface area contributed by atoms with Crippen molar-refractivity contribution in [3.63, 3.8) is 0 Å². The molecule has 2 atom stereocenters. The minimum atomic E-state index is -0.956. The largest absolute Gasteiger partial charge is 0.389 e. The number of pyridine rings is 1. The fourth-order valence-corrected chi connectivity index (χ4v) is 2.08. The Morgan fingerprint density at radius 3 is 2.94 bits per heavy atom. The van der Waals surface area contributed by atoms with Crippen molar-refractivity contribution in [3.05, 3.63) is 28.5 Å². The van der Waals surface area contributed by atoms with Crippen molar-refractivity contribution < 1.29 is 10.2 Å². The van der Waals surface area contributed by atoms with Crippen LogP contribution in [-0.2, 0) is 0 Å². The van der Waals surface area contributed by atoms with Gasteiger partial charge in [0.15, 0.2) is 0 Å². The van der Waals surface area contributed by atoms with Crippen LogP contribution in [-0.4, -0.2) is 32.0 Å². The molecule has 2 heterocycles. The van der Waals surface area contributed by atoms with Gasteiger partial charge in [-0.25, -0.2) is 4.98 Å². The van der Waals surface area contributed by atoms with E-state index in [-0.39, 0.29) is 5.75 Å². The lowest BCUT2D eigenvalue weighted by Gasteiger charge is -2.14. The number of aromatic nitrogens is 2. The molecule has 3 N–H and O–H groups in total. The summed E-state index contributed by atoms with van der Waals surface area (Å²) in [6.45, 7) is 0. The van der Waals surface area contributed by atoms with Crippen molar-refractivity contribution in [3.8, 4) is 0 Å². The van der Waals surface area contributed by atoms with Crippen molar-refractivity contribution in [2.75, 3.05) is 5.75 Å². The second-order valence-corrected chi connectivity index (χ2v) is 4.77. The number of thiol groups is 1. The maximum atomic E-state index is 9.90. The van der Waals surface area contributed by atoms with Crippen LogP contribution in [0.5, 0.6) is 0 Å². The Labute approximate surface area is 106 Å². The quantitative estimate of drug-likeness (QED) is 0.652. The molecule has 0 aliphatic rings. The van der Waals surface area contributed by atoms with E-state index in [0.717, 1.165) is 9.86 Å². The number of rotatable bonds is 3. The van der Waals surface area contributed by atoms with Crippen LogP contribution in [0.2, 0.25) is 0 Å². The molecule has 0 spiro atoms. The molecule has 2 rings (SSSR count). The van der Waals surface area contributed by atoms with E-state index in [1.807, 2.05) is 6.07 Å². The summed E-state index contributed by atoms with van der Waals surface area (Å²) in [4.78, 5) is 7.10. The number of hydrogen-bond acceptors (Lipinski definition) is 4. The minimum absolute atomic E-state index is 0.204. The van der Waals surface area contributed by atoms with Gasteiger partial charge >= 0.3 is 0 Å². The Kier molecular flexibility index (Phi) is 3.53. The standard InChI is InChI=1S/C10H11BrN2O2S/c11-5-1-6-7(9(15)8(14)4-16)3-13-10(6)12-2-5/h1-3,8-9,14-16H,4H2,(H,12,13). The molecular formula is C10H11BrN2O2S. The van der Waals surface area contributed by atoms with E-state index < -0.39 is 12.2 Å². The third-order valence-corrected chi connectivity index (χ3v) is 3.21. The van der Waals surface area contributed by atoms with Gasteiger partial charge in [0.05, 0.1) is 6.10 Å². The number of halogens is 1. The molecule has 0 radical (unpaired) electrons. The van der Waals surface area contributed by atoms with Gasteiger partial charge in [-0.1, -0.05) is 0 Å². The average molecular weight is 303 g/mol. The molecule has 86 valence electrons. The van der Waals surface area contributed by atoms with Gasteiger partial charge in [0.25, 0.3) is 0 Å². The van der Waals surface area contributed by atoms with Gasteiger partial charge in [-0.15, -0.1) is 0 Å². The van der Waals surface area contributed by atoms with E-state index in [9.17, 15) is 10.2 Å². The second-order valence-electron chi connectivity index (χ2n) is 3.49. The molecule has 2 unspecified atom stereocenters. The zero-order valence-corrected chi connectivity index (χ0v) is 10.7. The van der Waals surface area contributed by atoms with Gasteiger partial charge in [-0.2, -0.15) is 12.6 Å². The first-order valence-corrected chi connectivity index (χ1v) is 6.15. The Morgan fingerprint density at radius 1 is 1.50 bits per heavy atom. The van der Waals surface area contributed by atoms with Crippen LogP contribution in [0.25, 0.3) is 11.0 Å². The van der Waals surface area contributed by atoms with E-state index in [0.29, 0.717) is 11.2 Å². The van der Waals surface area contributed by atoms with Crippen LogP contribution in [0.4, 0.5) is 0 Å². The van der Waals surface area contributed by atoms with E-state index in [1.54, 1.807) is 12.4 Å². The van der Waals surface area contributed by atoms with Crippen molar-refractivity contribution >= 4 is 39.6 Å². The average Bonchev–Trinajstić information content (AvgIpc) is 2.69. The van der Waals surface area contributed by atoms with Crippen molar-refractivity contribution in [2.45, 2.75) is 12.2 Å². The molecule has 0 saturated heterocycles. The number of nitrogens with zero attached hydrogens (tertiary/aromatic N) is 1. The smallest absolute Gasteiger partial charge is 0.137 e. The van der Waals surface area contributed by atoms with E-state index in [4.69, 9.17) is 0 Å². The molecule has 4 nitrogen and oxygen atoms in total. The maximum absolute atomic E-state index is 9.90. The minimum Gasteiger partial charge on any atom is -0.389 e. The highest BCUT2D eigenvalue weighted by molar-refractivity contribution is 9.10. The van der Waals surface area contributed by atoms with Crippen LogP contribution in [0.15, 0.2) is 22.9 Å². The SMILES string of the molecule is OC(CS)C(O)c1c[nH]c2ncc(Br)cc12. The number of aliphatic hydroxyl groups is 2. The first kappa shape index (κ1) is 11.9. The lowest BCUT2D eigenvalue weighted by molar-refractivity contribution is 0.0347. The van der Waals surface area contributed by atoms with Crippen LogP contribution in [0, 0.1) is 0 Å².